The van der Waals surface area contributed by atoms with E-state index >= 15 is 0 Å². The van der Waals surface area contributed by atoms with Crippen molar-refractivity contribution in [3.8, 4) is 0 Å². The number of amides is 1. The first-order valence-electron chi connectivity index (χ1n) is 9.35. The van der Waals surface area contributed by atoms with Gasteiger partial charge in [0.2, 0.25) is 5.91 Å². The first-order valence-corrected chi connectivity index (χ1v) is 9.35. The highest BCUT2D eigenvalue weighted by Gasteiger charge is 2.37. The lowest BCUT2D eigenvalue weighted by Gasteiger charge is -2.43. The van der Waals surface area contributed by atoms with Crippen LogP contribution in [0.15, 0.2) is 0 Å². The maximum absolute atomic E-state index is 12.1. The summed E-state index contributed by atoms with van der Waals surface area (Å²) in [6.45, 7) is 1.06. The fourth-order valence-electron chi connectivity index (χ4n) is 4.09. The number of carboxylic acids is 1. The van der Waals surface area contributed by atoms with Crippen molar-refractivity contribution in [1.29, 1.82) is 0 Å². The van der Waals surface area contributed by atoms with Crippen molar-refractivity contribution in [2.75, 3.05) is 13.1 Å². The lowest BCUT2D eigenvalue weighted by Crippen LogP contribution is -2.55. The normalized spacial score (nSPS) is 28.4. The fourth-order valence-corrected chi connectivity index (χ4v) is 4.09. The van der Waals surface area contributed by atoms with E-state index < -0.39 is 5.97 Å². The van der Waals surface area contributed by atoms with Gasteiger partial charge in [0.1, 0.15) is 0 Å². The van der Waals surface area contributed by atoms with E-state index in [1.54, 1.807) is 0 Å². The lowest BCUT2D eigenvalue weighted by molar-refractivity contribution is -0.140. The monoisotopic (exact) mass is 322 g/mol. The molecule has 130 valence electrons. The van der Waals surface area contributed by atoms with E-state index in [9.17, 15) is 9.59 Å². The van der Waals surface area contributed by atoms with Crippen molar-refractivity contribution in [2.45, 2.75) is 76.3 Å². The van der Waals surface area contributed by atoms with Crippen LogP contribution in [0.25, 0.3) is 0 Å². The molecule has 0 aromatic heterocycles. The SMILES string of the molecule is O=C(O)CN(CC1CC1)C1CC(NC(=O)CC2CCCCC2)C1. The fraction of sp³-hybridized carbons (Fsp3) is 0.889. The van der Waals surface area contributed by atoms with Crippen molar-refractivity contribution in [1.82, 2.24) is 10.2 Å². The van der Waals surface area contributed by atoms with Crippen LogP contribution < -0.4 is 5.32 Å². The van der Waals surface area contributed by atoms with Crippen LogP contribution in [0.2, 0.25) is 0 Å². The summed E-state index contributed by atoms with van der Waals surface area (Å²) in [7, 11) is 0. The Morgan fingerprint density at radius 2 is 1.70 bits per heavy atom. The Hall–Kier alpha value is -1.10. The maximum atomic E-state index is 12.1. The summed E-state index contributed by atoms with van der Waals surface area (Å²) in [5.41, 5.74) is 0. The van der Waals surface area contributed by atoms with Crippen molar-refractivity contribution in [3.63, 3.8) is 0 Å². The van der Waals surface area contributed by atoms with Gasteiger partial charge in [-0.25, -0.2) is 0 Å². The molecule has 1 amide bonds. The Kier molecular flexibility index (Phi) is 5.57. The number of carbonyl (C=O) groups is 2. The molecule has 3 aliphatic carbocycles. The molecule has 0 atom stereocenters. The van der Waals surface area contributed by atoms with Gasteiger partial charge < -0.3 is 10.4 Å². The molecule has 0 bridgehead atoms. The Bertz CT molecular complexity index is 424. The minimum Gasteiger partial charge on any atom is -0.480 e. The third kappa shape index (κ3) is 5.20. The predicted molar refractivity (Wildman–Crippen MR) is 88.1 cm³/mol. The summed E-state index contributed by atoms with van der Waals surface area (Å²) in [6, 6.07) is 0.596. The van der Waals surface area contributed by atoms with Gasteiger partial charge >= 0.3 is 5.97 Å². The number of aliphatic carboxylic acids is 1. The first kappa shape index (κ1) is 16.7. The van der Waals surface area contributed by atoms with Gasteiger partial charge in [0.15, 0.2) is 0 Å². The largest absolute Gasteiger partial charge is 0.480 e. The van der Waals surface area contributed by atoms with Crippen molar-refractivity contribution in [2.24, 2.45) is 11.8 Å². The summed E-state index contributed by atoms with van der Waals surface area (Å²) in [5.74, 6) is 0.745. The average Bonchev–Trinajstić information content (AvgIpc) is 3.26. The molecule has 2 N–H and O–H groups in total. The molecule has 5 heteroatoms. The maximum Gasteiger partial charge on any atom is 0.317 e. The number of carboxylic acid groups (broad SMARTS) is 1. The van der Waals surface area contributed by atoms with Crippen LogP contribution >= 0.6 is 0 Å². The van der Waals surface area contributed by atoms with E-state index in [1.807, 2.05) is 0 Å². The third-order valence-corrected chi connectivity index (χ3v) is 5.72. The van der Waals surface area contributed by atoms with Crippen LogP contribution in [0.3, 0.4) is 0 Å². The van der Waals surface area contributed by atoms with Gasteiger partial charge in [-0.2, -0.15) is 0 Å². The molecule has 0 spiro atoms. The molecule has 3 aliphatic rings. The van der Waals surface area contributed by atoms with E-state index in [0.29, 0.717) is 24.3 Å². The summed E-state index contributed by atoms with van der Waals surface area (Å²) >= 11 is 0. The molecule has 5 nitrogen and oxygen atoms in total. The predicted octanol–water partition coefficient (Wildman–Crippen LogP) is 2.40. The molecule has 0 aromatic carbocycles. The van der Waals surface area contributed by atoms with Gasteiger partial charge in [0, 0.05) is 25.0 Å². The van der Waals surface area contributed by atoms with Crippen LogP contribution in [0, 0.1) is 11.8 Å². The van der Waals surface area contributed by atoms with E-state index in [2.05, 4.69) is 10.2 Å². The molecule has 3 saturated carbocycles. The van der Waals surface area contributed by atoms with Crippen LogP contribution in [0.1, 0.15) is 64.2 Å². The number of nitrogens with one attached hydrogen (secondary N) is 1. The highest BCUT2D eigenvalue weighted by Crippen LogP contribution is 2.34. The molecule has 0 saturated heterocycles. The summed E-state index contributed by atoms with van der Waals surface area (Å²) in [5, 5.41) is 12.2. The molecule has 23 heavy (non-hydrogen) atoms. The first-order chi connectivity index (χ1) is 11.1. The second-order valence-electron chi connectivity index (χ2n) is 7.86. The number of hydrogen-bond acceptors (Lipinski definition) is 3. The van der Waals surface area contributed by atoms with Gasteiger partial charge in [-0.1, -0.05) is 19.3 Å². The molecule has 3 fully saturated rings. The Balaban J connectivity index is 1.36. The van der Waals surface area contributed by atoms with Gasteiger partial charge in [-0.3, -0.25) is 14.5 Å². The number of rotatable bonds is 8. The highest BCUT2D eigenvalue weighted by atomic mass is 16.4. The van der Waals surface area contributed by atoms with E-state index in [4.69, 9.17) is 5.11 Å². The second-order valence-corrected chi connectivity index (χ2v) is 7.86. The Labute approximate surface area is 138 Å². The summed E-state index contributed by atoms with van der Waals surface area (Å²) in [6.07, 6.45) is 11.3. The lowest BCUT2D eigenvalue weighted by atomic mass is 9.84. The Morgan fingerprint density at radius 1 is 1.00 bits per heavy atom. The zero-order valence-corrected chi connectivity index (χ0v) is 14.0. The average molecular weight is 322 g/mol. The zero-order chi connectivity index (χ0) is 16.2. The molecule has 0 heterocycles. The molecular weight excluding hydrogens is 292 g/mol. The minimum absolute atomic E-state index is 0.143. The van der Waals surface area contributed by atoms with Gasteiger partial charge in [-0.15, -0.1) is 0 Å². The molecule has 0 unspecified atom stereocenters. The smallest absolute Gasteiger partial charge is 0.317 e. The van der Waals surface area contributed by atoms with E-state index in [-0.39, 0.29) is 18.5 Å². The summed E-state index contributed by atoms with van der Waals surface area (Å²) in [4.78, 5) is 25.3. The van der Waals surface area contributed by atoms with Crippen LogP contribution in [-0.4, -0.2) is 47.1 Å². The van der Waals surface area contributed by atoms with E-state index in [1.165, 1.54) is 44.9 Å². The molecule has 0 aromatic rings. The minimum atomic E-state index is -0.740. The van der Waals surface area contributed by atoms with Gasteiger partial charge in [0.05, 0.1) is 6.54 Å². The van der Waals surface area contributed by atoms with Gasteiger partial charge in [-0.05, 0) is 50.4 Å². The number of hydrogen-bond donors (Lipinski definition) is 2. The topological polar surface area (TPSA) is 69.6 Å². The van der Waals surface area contributed by atoms with Crippen molar-refractivity contribution >= 4 is 11.9 Å². The third-order valence-electron chi connectivity index (χ3n) is 5.72. The quantitative estimate of drug-likeness (QED) is 0.720. The standard InChI is InChI=1S/C18H30N2O3/c21-17(8-13-4-2-1-3-5-13)19-15-9-16(10-15)20(12-18(22)23)11-14-6-7-14/h13-16H,1-12H2,(H,19,21)(H,22,23). The van der Waals surface area contributed by atoms with Crippen LogP contribution in [-0.2, 0) is 9.59 Å². The van der Waals surface area contributed by atoms with Crippen molar-refractivity contribution < 1.29 is 14.7 Å². The highest BCUT2D eigenvalue weighted by molar-refractivity contribution is 5.76. The van der Waals surface area contributed by atoms with E-state index in [0.717, 1.165) is 19.4 Å². The number of carbonyl (C=O) groups excluding carboxylic acids is 1. The molecule has 3 rings (SSSR count). The second kappa shape index (κ2) is 7.65. The van der Waals surface area contributed by atoms with Crippen LogP contribution in [0.5, 0.6) is 0 Å². The summed E-state index contributed by atoms with van der Waals surface area (Å²) < 4.78 is 0. The molecule has 0 aliphatic heterocycles. The molecule has 0 radical (unpaired) electrons. The number of nitrogens with zero attached hydrogens (tertiary/aromatic N) is 1. The van der Waals surface area contributed by atoms with Crippen molar-refractivity contribution in [3.05, 3.63) is 0 Å². The van der Waals surface area contributed by atoms with Gasteiger partial charge in [0.25, 0.3) is 0 Å². The Morgan fingerprint density at radius 3 is 2.30 bits per heavy atom. The van der Waals surface area contributed by atoms with Crippen LogP contribution in [0.4, 0.5) is 0 Å². The zero-order valence-electron chi connectivity index (χ0n) is 14.0. The molecular formula is C18H30N2O3.